The van der Waals surface area contributed by atoms with Crippen LogP contribution in [0.2, 0.25) is 10.0 Å². The molecular formula is C19H24Cl2N2O3. The van der Waals surface area contributed by atoms with E-state index in [-0.39, 0.29) is 29.7 Å². The molecule has 1 aromatic rings. The van der Waals surface area contributed by atoms with Crippen LogP contribution in [0.25, 0.3) is 0 Å². The Hall–Kier alpha value is -1.01. The minimum Gasteiger partial charge on any atom is -0.508 e. The highest BCUT2D eigenvalue weighted by Gasteiger charge is 2.41. The fourth-order valence-electron chi connectivity index (χ4n) is 4.52. The van der Waals surface area contributed by atoms with Crippen molar-refractivity contribution < 1.29 is 14.6 Å². The van der Waals surface area contributed by atoms with Crippen LogP contribution in [-0.2, 0) is 9.53 Å². The van der Waals surface area contributed by atoms with E-state index in [0.717, 1.165) is 25.9 Å². The molecule has 0 aromatic heterocycles. The molecule has 1 aromatic carbocycles. The van der Waals surface area contributed by atoms with Crippen LogP contribution in [0.5, 0.6) is 5.75 Å². The summed E-state index contributed by atoms with van der Waals surface area (Å²) in [5, 5.41) is 11.1. The Kier molecular flexibility index (Phi) is 5.33. The number of fused-ring (bicyclic) bond motifs is 1. The first-order chi connectivity index (χ1) is 12.5. The van der Waals surface area contributed by atoms with Gasteiger partial charge >= 0.3 is 0 Å². The lowest BCUT2D eigenvalue weighted by Crippen LogP contribution is -2.58. The average Bonchev–Trinajstić information content (AvgIpc) is 3.14. The highest BCUT2D eigenvalue weighted by molar-refractivity contribution is 6.42. The summed E-state index contributed by atoms with van der Waals surface area (Å²) in [5.74, 6) is 0.356. The van der Waals surface area contributed by atoms with Crippen LogP contribution in [0, 0.1) is 0 Å². The van der Waals surface area contributed by atoms with E-state index in [1.54, 1.807) is 12.1 Å². The Morgan fingerprint density at radius 3 is 2.73 bits per heavy atom. The number of halogens is 2. The molecule has 0 aliphatic carbocycles. The van der Waals surface area contributed by atoms with Crippen LogP contribution in [0.3, 0.4) is 0 Å². The summed E-state index contributed by atoms with van der Waals surface area (Å²) in [4.78, 5) is 17.1. The van der Waals surface area contributed by atoms with Gasteiger partial charge in [0.15, 0.2) is 0 Å². The lowest BCUT2D eigenvalue weighted by molar-refractivity contribution is -0.164. The summed E-state index contributed by atoms with van der Waals surface area (Å²) in [6.07, 6.45) is 3.57. The molecule has 5 nitrogen and oxygen atoms in total. The van der Waals surface area contributed by atoms with Crippen molar-refractivity contribution in [3.63, 3.8) is 0 Å². The smallest absolute Gasteiger partial charge is 0.253 e. The highest BCUT2D eigenvalue weighted by Crippen LogP contribution is 2.43. The van der Waals surface area contributed by atoms with Gasteiger partial charge in [0, 0.05) is 18.7 Å². The van der Waals surface area contributed by atoms with Crippen LogP contribution in [0.4, 0.5) is 0 Å². The van der Waals surface area contributed by atoms with Gasteiger partial charge < -0.3 is 19.6 Å². The molecule has 3 unspecified atom stereocenters. The zero-order valence-electron chi connectivity index (χ0n) is 14.7. The maximum absolute atomic E-state index is 12.9. The third kappa shape index (κ3) is 3.42. The molecule has 7 heteroatoms. The average molecular weight is 399 g/mol. The first-order valence-electron chi connectivity index (χ1n) is 9.36. The second kappa shape index (κ2) is 7.55. The molecule has 0 spiro atoms. The molecule has 3 saturated heterocycles. The van der Waals surface area contributed by atoms with E-state index >= 15 is 0 Å². The molecule has 26 heavy (non-hydrogen) atoms. The van der Waals surface area contributed by atoms with Crippen LogP contribution in [0.1, 0.15) is 37.2 Å². The summed E-state index contributed by atoms with van der Waals surface area (Å²) >= 11 is 12.5. The molecule has 1 amide bonds. The third-order valence-corrected chi connectivity index (χ3v) is 6.72. The number of aromatic hydroxyl groups is 1. The van der Waals surface area contributed by atoms with Crippen molar-refractivity contribution >= 4 is 29.1 Å². The van der Waals surface area contributed by atoms with Crippen LogP contribution in [0.15, 0.2) is 12.1 Å². The molecule has 3 fully saturated rings. The van der Waals surface area contributed by atoms with Crippen molar-refractivity contribution in [1.82, 2.24) is 9.80 Å². The zero-order valence-corrected chi connectivity index (χ0v) is 16.2. The van der Waals surface area contributed by atoms with Crippen molar-refractivity contribution in [2.75, 3.05) is 32.8 Å². The fourth-order valence-corrected chi connectivity index (χ4v) is 5.00. The van der Waals surface area contributed by atoms with Crippen molar-refractivity contribution in [2.45, 2.75) is 43.7 Å². The van der Waals surface area contributed by atoms with E-state index in [0.29, 0.717) is 35.3 Å². The van der Waals surface area contributed by atoms with Crippen molar-refractivity contribution in [1.29, 1.82) is 0 Å². The number of phenols is 1. The molecule has 4 rings (SSSR count). The van der Waals surface area contributed by atoms with E-state index in [1.165, 1.54) is 12.8 Å². The molecular weight excluding hydrogens is 375 g/mol. The minimum atomic E-state index is -0.343. The molecule has 3 heterocycles. The number of benzene rings is 1. The Morgan fingerprint density at radius 1 is 1.19 bits per heavy atom. The standard InChI is InChI=1S/C19H24Cl2N2O3/c20-14-3-4-15(24)17(18(14)21)12-5-8-23-13(9-12)11-26-16(19(23)25)10-22-6-1-2-7-22/h3-4,12-13,16,24H,1-2,5-11H2. The Balaban J connectivity index is 1.45. The van der Waals surface area contributed by atoms with Gasteiger partial charge in [0.2, 0.25) is 0 Å². The number of hydrogen-bond acceptors (Lipinski definition) is 4. The number of rotatable bonds is 3. The number of piperidine rings is 1. The van der Waals surface area contributed by atoms with Gasteiger partial charge in [-0.25, -0.2) is 0 Å². The number of likely N-dealkylation sites (tertiary alicyclic amines) is 1. The molecule has 3 atom stereocenters. The number of ether oxygens (including phenoxy) is 1. The van der Waals surface area contributed by atoms with Gasteiger partial charge in [-0.3, -0.25) is 4.79 Å². The zero-order chi connectivity index (χ0) is 18.3. The number of amides is 1. The lowest BCUT2D eigenvalue weighted by Gasteiger charge is -2.45. The third-order valence-electron chi connectivity index (χ3n) is 5.90. The van der Waals surface area contributed by atoms with Crippen LogP contribution >= 0.6 is 23.2 Å². The lowest BCUT2D eigenvalue weighted by atomic mass is 9.84. The molecule has 0 bridgehead atoms. The molecule has 0 saturated carbocycles. The van der Waals surface area contributed by atoms with Gasteiger partial charge in [-0.1, -0.05) is 23.2 Å². The number of nitrogens with zero attached hydrogens (tertiary/aromatic N) is 2. The number of phenolic OH excluding ortho intramolecular Hbond substituents is 1. The number of carbonyl (C=O) groups excluding carboxylic acids is 1. The largest absolute Gasteiger partial charge is 0.508 e. The van der Waals surface area contributed by atoms with Gasteiger partial charge in [-0.15, -0.1) is 0 Å². The Bertz CT molecular complexity index is 694. The summed E-state index contributed by atoms with van der Waals surface area (Å²) in [7, 11) is 0. The Morgan fingerprint density at radius 2 is 1.96 bits per heavy atom. The molecule has 142 valence electrons. The Labute approximate surface area is 163 Å². The van der Waals surface area contributed by atoms with Gasteiger partial charge in [-0.05, 0) is 56.8 Å². The predicted octanol–water partition coefficient (Wildman–Crippen LogP) is 3.27. The maximum Gasteiger partial charge on any atom is 0.253 e. The maximum atomic E-state index is 12.9. The van der Waals surface area contributed by atoms with Crippen molar-refractivity contribution in [2.24, 2.45) is 0 Å². The first-order valence-corrected chi connectivity index (χ1v) is 10.1. The van der Waals surface area contributed by atoms with E-state index in [2.05, 4.69) is 4.90 Å². The van der Waals surface area contributed by atoms with Gasteiger partial charge in [0.25, 0.3) is 5.91 Å². The van der Waals surface area contributed by atoms with E-state index < -0.39 is 0 Å². The normalized spacial score (nSPS) is 29.8. The van der Waals surface area contributed by atoms with Crippen molar-refractivity contribution in [3.05, 3.63) is 27.7 Å². The van der Waals surface area contributed by atoms with Gasteiger partial charge in [0.1, 0.15) is 11.9 Å². The molecule has 1 N–H and O–H groups in total. The second-order valence-corrected chi connectivity index (χ2v) is 8.32. The van der Waals surface area contributed by atoms with E-state index in [9.17, 15) is 9.90 Å². The SMILES string of the molecule is O=C1C(CN2CCCC2)OCC2CC(c3c(O)ccc(Cl)c3Cl)CCN12. The van der Waals surface area contributed by atoms with Gasteiger partial charge in [0.05, 0.1) is 22.7 Å². The predicted molar refractivity (Wildman–Crippen MR) is 101 cm³/mol. The van der Waals surface area contributed by atoms with Gasteiger partial charge in [-0.2, -0.15) is 0 Å². The van der Waals surface area contributed by atoms with Crippen LogP contribution in [-0.4, -0.2) is 65.7 Å². The summed E-state index contributed by atoms with van der Waals surface area (Å²) < 4.78 is 5.94. The minimum absolute atomic E-state index is 0.0329. The monoisotopic (exact) mass is 398 g/mol. The number of carbonyl (C=O) groups is 1. The first kappa shape index (κ1) is 18.4. The summed E-state index contributed by atoms with van der Waals surface area (Å²) in [5.41, 5.74) is 0.699. The fraction of sp³-hybridized carbons (Fsp3) is 0.632. The number of hydrogen-bond donors (Lipinski definition) is 1. The second-order valence-electron chi connectivity index (χ2n) is 7.53. The van der Waals surface area contributed by atoms with Crippen LogP contribution < -0.4 is 0 Å². The van der Waals surface area contributed by atoms with E-state index in [4.69, 9.17) is 27.9 Å². The number of morpholine rings is 1. The molecule has 0 radical (unpaired) electrons. The molecule has 3 aliphatic heterocycles. The highest BCUT2D eigenvalue weighted by atomic mass is 35.5. The topological polar surface area (TPSA) is 53.0 Å². The molecule has 3 aliphatic rings. The summed E-state index contributed by atoms with van der Waals surface area (Å²) in [6.45, 7) is 4.03. The quantitative estimate of drug-likeness (QED) is 0.848. The van der Waals surface area contributed by atoms with Crippen molar-refractivity contribution in [3.8, 4) is 5.75 Å². The summed E-state index contributed by atoms with van der Waals surface area (Å²) in [6, 6.07) is 3.23. The van der Waals surface area contributed by atoms with E-state index in [1.807, 2.05) is 4.90 Å².